The Morgan fingerprint density at radius 3 is 2.60 bits per heavy atom. The minimum atomic E-state index is -0.271. The van der Waals surface area contributed by atoms with E-state index >= 15 is 0 Å². The first kappa shape index (κ1) is 18.5. The van der Waals surface area contributed by atoms with E-state index in [2.05, 4.69) is 10.6 Å². The summed E-state index contributed by atoms with van der Waals surface area (Å²) in [6.45, 7) is 2.36. The molecule has 25 heavy (non-hydrogen) atoms. The molecule has 0 fully saturated rings. The Morgan fingerprint density at radius 1 is 1.12 bits per heavy atom. The number of ether oxygens (including phenoxy) is 1. The maximum absolute atomic E-state index is 12.5. The molecule has 132 valence electrons. The Morgan fingerprint density at radius 2 is 1.88 bits per heavy atom. The van der Waals surface area contributed by atoms with Crippen LogP contribution in [0.1, 0.15) is 28.8 Å². The van der Waals surface area contributed by atoms with Crippen LogP contribution in [0, 0.1) is 6.92 Å². The third-order valence-electron chi connectivity index (χ3n) is 3.73. The van der Waals surface area contributed by atoms with Gasteiger partial charge >= 0.3 is 0 Å². The number of hydrogen-bond acceptors (Lipinski definition) is 4. The number of carbonyl (C=O) groups is 2. The lowest BCUT2D eigenvalue weighted by Crippen LogP contribution is -2.16. The molecule has 0 saturated carbocycles. The number of anilines is 2. The lowest BCUT2D eigenvalue weighted by molar-refractivity contribution is -0.116. The van der Waals surface area contributed by atoms with Gasteiger partial charge in [0.25, 0.3) is 5.91 Å². The van der Waals surface area contributed by atoms with Gasteiger partial charge in [0.2, 0.25) is 5.91 Å². The highest BCUT2D eigenvalue weighted by Gasteiger charge is 2.13. The summed E-state index contributed by atoms with van der Waals surface area (Å²) < 4.78 is 5.22. The number of methoxy groups -OCH3 is 1. The van der Waals surface area contributed by atoms with Crippen molar-refractivity contribution in [3.63, 3.8) is 0 Å². The number of para-hydroxylation sites is 1. The van der Waals surface area contributed by atoms with Crippen LogP contribution in [0.15, 0.2) is 42.5 Å². The van der Waals surface area contributed by atoms with Gasteiger partial charge in [0.05, 0.1) is 12.7 Å². The minimum Gasteiger partial charge on any atom is -0.496 e. The van der Waals surface area contributed by atoms with Crippen LogP contribution in [0.5, 0.6) is 5.75 Å². The molecule has 2 aromatic carbocycles. The van der Waals surface area contributed by atoms with Gasteiger partial charge in [0.15, 0.2) is 0 Å². The van der Waals surface area contributed by atoms with Crippen LogP contribution in [-0.4, -0.2) is 25.5 Å². The number of carbonyl (C=O) groups excluding carboxylic acids is 2. The molecule has 0 atom stereocenters. The van der Waals surface area contributed by atoms with Gasteiger partial charge < -0.3 is 21.1 Å². The maximum atomic E-state index is 12.5. The molecule has 2 aromatic rings. The Balaban J connectivity index is 2.14. The van der Waals surface area contributed by atoms with Crippen molar-refractivity contribution in [3.05, 3.63) is 53.6 Å². The van der Waals surface area contributed by atoms with Gasteiger partial charge in [-0.25, -0.2) is 0 Å². The minimum absolute atomic E-state index is 0.101. The maximum Gasteiger partial charge on any atom is 0.259 e. The predicted molar refractivity (Wildman–Crippen MR) is 99.0 cm³/mol. The monoisotopic (exact) mass is 341 g/mol. The average Bonchev–Trinajstić information content (AvgIpc) is 2.62. The number of benzene rings is 2. The van der Waals surface area contributed by atoms with Gasteiger partial charge in [-0.15, -0.1) is 0 Å². The summed E-state index contributed by atoms with van der Waals surface area (Å²) in [6.07, 6.45) is 1.00. The predicted octanol–water partition coefficient (Wildman–Crippen LogP) is 2.93. The lowest BCUT2D eigenvalue weighted by atomic mass is 10.1. The number of rotatable bonds is 7. The normalized spacial score (nSPS) is 10.2. The zero-order valence-electron chi connectivity index (χ0n) is 14.5. The molecule has 2 amide bonds. The molecule has 6 nitrogen and oxygen atoms in total. The molecule has 0 unspecified atom stereocenters. The first-order valence-electron chi connectivity index (χ1n) is 8.10. The number of nitrogens with one attached hydrogen (secondary N) is 2. The average molecular weight is 341 g/mol. The fraction of sp³-hybridized carbons (Fsp3) is 0.263. The first-order chi connectivity index (χ1) is 12.0. The SMILES string of the molecule is COc1ccccc1C(=O)Nc1cc(NC(=O)CCCN)ccc1C. The van der Waals surface area contributed by atoms with E-state index in [1.165, 1.54) is 7.11 Å². The number of hydrogen-bond donors (Lipinski definition) is 3. The van der Waals surface area contributed by atoms with E-state index in [-0.39, 0.29) is 11.8 Å². The molecule has 0 spiro atoms. The fourth-order valence-corrected chi connectivity index (χ4v) is 2.34. The smallest absolute Gasteiger partial charge is 0.259 e. The second-order valence-corrected chi connectivity index (χ2v) is 5.62. The molecular formula is C19H23N3O3. The molecule has 0 aromatic heterocycles. The standard InChI is InChI=1S/C19H23N3O3/c1-13-9-10-14(21-18(23)8-5-11-20)12-16(13)22-19(24)15-6-3-4-7-17(15)25-2/h3-4,6-7,9-10,12H,5,8,11,20H2,1-2H3,(H,21,23)(H,22,24). The van der Waals surface area contributed by atoms with Gasteiger partial charge in [-0.2, -0.15) is 0 Å². The van der Waals surface area contributed by atoms with Crippen LogP contribution >= 0.6 is 0 Å². The summed E-state index contributed by atoms with van der Waals surface area (Å²) in [7, 11) is 1.52. The van der Waals surface area contributed by atoms with Crippen molar-refractivity contribution in [1.82, 2.24) is 0 Å². The van der Waals surface area contributed by atoms with E-state index in [0.717, 1.165) is 5.56 Å². The van der Waals surface area contributed by atoms with Gasteiger partial charge in [0.1, 0.15) is 5.75 Å². The van der Waals surface area contributed by atoms with Crippen molar-refractivity contribution < 1.29 is 14.3 Å². The van der Waals surface area contributed by atoms with Crippen molar-refractivity contribution in [3.8, 4) is 5.75 Å². The molecule has 0 radical (unpaired) electrons. The molecule has 6 heteroatoms. The Kier molecular flexibility index (Phi) is 6.54. The van der Waals surface area contributed by atoms with E-state index < -0.39 is 0 Å². The second kappa shape index (κ2) is 8.84. The van der Waals surface area contributed by atoms with E-state index in [4.69, 9.17) is 10.5 Å². The van der Waals surface area contributed by atoms with Crippen molar-refractivity contribution in [2.24, 2.45) is 5.73 Å². The van der Waals surface area contributed by atoms with Crippen molar-refractivity contribution in [1.29, 1.82) is 0 Å². The van der Waals surface area contributed by atoms with Crippen LogP contribution in [0.2, 0.25) is 0 Å². The van der Waals surface area contributed by atoms with E-state index in [1.54, 1.807) is 36.4 Å². The summed E-state index contributed by atoms with van der Waals surface area (Å²) in [4.78, 5) is 24.4. The molecule has 0 aliphatic heterocycles. The van der Waals surface area contributed by atoms with Gasteiger partial charge in [-0.1, -0.05) is 18.2 Å². The van der Waals surface area contributed by atoms with Crippen molar-refractivity contribution >= 4 is 23.2 Å². The largest absolute Gasteiger partial charge is 0.496 e. The second-order valence-electron chi connectivity index (χ2n) is 5.62. The third-order valence-corrected chi connectivity index (χ3v) is 3.73. The van der Waals surface area contributed by atoms with Gasteiger partial charge in [-0.05, 0) is 49.7 Å². The zero-order chi connectivity index (χ0) is 18.2. The first-order valence-corrected chi connectivity index (χ1v) is 8.10. The molecule has 4 N–H and O–H groups in total. The summed E-state index contributed by atoms with van der Waals surface area (Å²) in [5.74, 6) is 0.132. The molecule has 0 bridgehead atoms. The quantitative estimate of drug-likeness (QED) is 0.722. The molecule has 0 heterocycles. The van der Waals surface area contributed by atoms with Crippen LogP contribution in [-0.2, 0) is 4.79 Å². The summed E-state index contributed by atoms with van der Waals surface area (Å²) in [6, 6.07) is 12.4. The van der Waals surface area contributed by atoms with Gasteiger partial charge in [0, 0.05) is 17.8 Å². The zero-order valence-corrected chi connectivity index (χ0v) is 14.5. The van der Waals surface area contributed by atoms with Crippen molar-refractivity contribution in [2.75, 3.05) is 24.3 Å². The summed E-state index contributed by atoms with van der Waals surface area (Å²) in [5.41, 5.74) is 8.01. The number of nitrogens with two attached hydrogens (primary N) is 1. The fourth-order valence-electron chi connectivity index (χ4n) is 2.34. The summed E-state index contributed by atoms with van der Waals surface area (Å²) >= 11 is 0. The summed E-state index contributed by atoms with van der Waals surface area (Å²) in [5, 5.41) is 5.68. The molecule has 2 rings (SSSR count). The highest BCUT2D eigenvalue weighted by molar-refractivity contribution is 6.07. The van der Waals surface area contributed by atoms with Crippen LogP contribution < -0.4 is 21.1 Å². The number of aryl methyl sites for hydroxylation is 1. The molecular weight excluding hydrogens is 318 g/mol. The van der Waals surface area contributed by atoms with Crippen molar-refractivity contribution in [2.45, 2.75) is 19.8 Å². The van der Waals surface area contributed by atoms with E-state index in [9.17, 15) is 9.59 Å². The Hall–Kier alpha value is -2.86. The number of amides is 2. The van der Waals surface area contributed by atoms with Crippen LogP contribution in [0.4, 0.5) is 11.4 Å². The Bertz CT molecular complexity index is 759. The van der Waals surface area contributed by atoms with Crippen LogP contribution in [0.25, 0.3) is 0 Å². The Labute approximate surface area is 147 Å². The molecule has 0 aliphatic rings. The molecule has 0 saturated heterocycles. The third kappa shape index (κ3) is 5.06. The van der Waals surface area contributed by atoms with E-state index in [0.29, 0.717) is 42.1 Å². The van der Waals surface area contributed by atoms with Crippen LogP contribution in [0.3, 0.4) is 0 Å². The van der Waals surface area contributed by atoms with E-state index in [1.807, 2.05) is 13.0 Å². The van der Waals surface area contributed by atoms with Gasteiger partial charge in [-0.3, -0.25) is 9.59 Å². The topological polar surface area (TPSA) is 93.5 Å². The highest BCUT2D eigenvalue weighted by Crippen LogP contribution is 2.23. The lowest BCUT2D eigenvalue weighted by Gasteiger charge is -2.13. The highest BCUT2D eigenvalue weighted by atomic mass is 16.5. The molecule has 0 aliphatic carbocycles.